The van der Waals surface area contributed by atoms with Gasteiger partial charge in [0.2, 0.25) is 0 Å². The van der Waals surface area contributed by atoms with Crippen LogP contribution in [0.15, 0.2) is 24.3 Å². The lowest BCUT2D eigenvalue weighted by molar-refractivity contribution is 0.0927. The maximum atomic E-state index is 12.2. The fourth-order valence-corrected chi connectivity index (χ4v) is 2.52. The fourth-order valence-electron chi connectivity index (χ4n) is 2.52. The highest BCUT2D eigenvalue weighted by Crippen LogP contribution is 2.12. The lowest BCUT2D eigenvalue weighted by Crippen LogP contribution is -2.50. The minimum atomic E-state index is 0.0352. The highest BCUT2D eigenvalue weighted by atomic mass is 16.1. The van der Waals surface area contributed by atoms with Crippen molar-refractivity contribution in [3.8, 4) is 0 Å². The van der Waals surface area contributed by atoms with Crippen LogP contribution in [0.3, 0.4) is 0 Å². The number of piperidine rings is 1. The number of amides is 1. The van der Waals surface area contributed by atoms with E-state index in [1.54, 1.807) is 0 Å². The maximum Gasteiger partial charge on any atom is 0.251 e. The highest BCUT2D eigenvalue weighted by Gasteiger charge is 2.21. The molecule has 1 heterocycles. The van der Waals surface area contributed by atoms with Crippen molar-refractivity contribution in [1.82, 2.24) is 10.6 Å². The smallest absolute Gasteiger partial charge is 0.251 e. The summed E-state index contributed by atoms with van der Waals surface area (Å²) >= 11 is 0. The molecule has 1 aromatic rings. The minimum absolute atomic E-state index is 0.0352. The molecule has 0 spiro atoms. The molecule has 2 atom stereocenters. The van der Waals surface area contributed by atoms with Crippen molar-refractivity contribution in [3.05, 3.63) is 35.4 Å². The minimum Gasteiger partial charge on any atom is -0.348 e. The van der Waals surface area contributed by atoms with Gasteiger partial charge < -0.3 is 10.6 Å². The van der Waals surface area contributed by atoms with E-state index in [9.17, 15) is 4.79 Å². The van der Waals surface area contributed by atoms with Crippen LogP contribution in [0.4, 0.5) is 0 Å². The Kier molecular flexibility index (Phi) is 4.37. The standard InChI is InChI=1S/C15H22N2O/c1-11-7-3-4-8-13(11)15(18)17-12(2)14-9-5-6-10-16-14/h3-4,7-8,12,14,16H,5-6,9-10H2,1-2H3,(H,17,18). The fraction of sp³-hybridized carbons (Fsp3) is 0.533. The second-order valence-corrected chi connectivity index (χ2v) is 5.13. The zero-order chi connectivity index (χ0) is 13.0. The zero-order valence-corrected chi connectivity index (χ0v) is 11.2. The predicted molar refractivity (Wildman–Crippen MR) is 73.7 cm³/mol. The summed E-state index contributed by atoms with van der Waals surface area (Å²) in [6.07, 6.45) is 3.65. The Morgan fingerprint density at radius 2 is 2.17 bits per heavy atom. The number of rotatable bonds is 3. The number of carbonyl (C=O) groups is 1. The maximum absolute atomic E-state index is 12.2. The Morgan fingerprint density at radius 3 is 2.83 bits per heavy atom. The Hall–Kier alpha value is -1.35. The molecule has 0 saturated carbocycles. The molecule has 2 unspecified atom stereocenters. The van der Waals surface area contributed by atoms with Crippen molar-refractivity contribution < 1.29 is 4.79 Å². The van der Waals surface area contributed by atoms with E-state index in [0.717, 1.165) is 24.1 Å². The Labute approximate surface area is 109 Å². The van der Waals surface area contributed by atoms with Crippen LogP contribution in [0.1, 0.15) is 42.1 Å². The number of benzene rings is 1. The van der Waals surface area contributed by atoms with Crippen molar-refractivity contribution in [2.24, 2.45) is 0 Å². The van der Waals surface area contributed by atoms with E-state index in [4.69, 9.17) is 0 Å². The third-order valence-corrected chi connectivity index (χ3v) is 3.70. The molecule has 1 saturated heterocycles. The van der Waals surface area contributed by atoms with Gasteiger partial charge in [0.15, 0.2) is 0 Å². The molecule has 3 nitrogen and oxygen atoms in total. The van der Waals surface area contributed by atoms with Gasteiger partial charge in [-0.25, -0.2) is 0 Å². The molecule has 1 amide bonds. The Morgan fingerprint density at radius 1 is 1.39 bits per heavy atom. The van der Waals surface area contributed by atoms with E-state index in [1.807, 2.05) is 31.2 Å². The van der Waals surface area contributed by atoms with Crippen molar-refractivity contribution in [2.75, 3.05) is 6.54 Å². The van der Waals surface area contributed by atoms with E-state index in [0.29, 0.717) is 6.04 Å². The van der Waals surface area contributed by atoms with Crippen LogP contribution in [-0.2, 0) is 0 Å². The second kappa shape index (κ2) is 6.01. The number of hydrogen-bond donors (Lipinski definition) is 2. The van der Waals surface area contributed by atoms with Gasteiger partial charge >= 0.3 is 0 Å². The van der Waals surface area contributed by atoms with Gasteiger partial charge in [-0.15, -0.1) is 0 Å². The Bertz CT molecular complexity index is 411. The summed E-state index contributed by atoms with van der Waals surface area (Å²) in [5.41, 5.74) is 1.80. The van der Waals surface area contributed by atoms with Gasteiger partial charge in [0, 0.05) is 17.6 Å². The first-order valence-electron chi connectivity index (χ1n) is 6.78. The normalized spacial score (nSPS) is 21.3. The van der Waals surface area contributed by atoms with Gasteiger partial charge in [-0.3, -0.25) is 4.79 Å². The van der Waals surface area contributed by atoms with Crippen molar-refractivity contribution >= 4 is 5.91 Å². The van der Waals surface area contributed by atoms with Gasteiger partial charge in [-0.1, -0.05) is 24.6 Å². The molecule has 1 aliphatic heterocycles. The summed E-state index contributed by atoms with van der Waals surface area (Å²) in [6, 6.07) is 8.30. The summed E-state index contributed by atoms with van der Waals surface area (Å²) < 4.78 is 0. The molecule has 3 heteroatoms. The molecule has 0 bridgehead atoms. The number of hydrogen-bond acceptors (Lipinski definition) is 2. The third-order valence-electron chi connectivity index (χ3n) is 3.70. The lowest BCUT2D eigenvalue weighted by atomic mass is 9.98. The Balaban J connectivity index is 1.96. The number of nitrogens with one attached hydrogen (secondary N) is 2. The van der Waals surface area contributed by atoms with Gasteiger partial charge in [0.1, 0.15) is 0 Å². The molecule has 0 radical (unpaired) electrons. The molecular formula is C15H22N2O. The first-order valence-corrected chi connectivity index (χ1v) is 6.78. The van der Waals surface area contributed by atoms with Crippen LogP contribution in [0, 0.1) is 6.92 Å². The van der Waals surface area contributed by atoms with Gasteiger partial charge in [-0.05, 0) is 44.9 Å². The molecule has 0 aromatic heterocycles. The quantitative estimate of drug-likeness (QED) is 0.859. The topological polar surface area (TPSA) is 41.1 Å². The molecule has 1 fully saturated rings. The van der Waals surface area contributed by atoms with Crippen molar-refractivity contribution in [2.45, 2.75) is 45.2 Å². The van der Waals surface area contributed by atoms with Crippen LogP contribution in [-0.4, -0.2) is 24.5 Å². The third kappa shape index (κ3) is 3.10. The largest absolute Gasteiger partial charge is 0.348 e. The molecule has 2 rings (SSSR count). The van der Waals surface area contributed by atoms with Gasteiger partial charge in [0.25, 0.3) is 5.91 Å². The SMILES string of the molecule is Cc1ccccc1C(=O)NC(C)C1CCCCN1. The molecule has 1 aromatic carbocycles. The first kappa shape index (κ1) is 13.1. The lowest BCUT2D eigenvalue weighted by Gasteiger charge is -2.29. The number of aryl methyl sites for hydroxylation is 1. The highest BCUT2D eigenvalue weighted by molar-refractivity contribution is 5.95. The van der Waals surface area contributed by atoms with Crippen LogP contribution >= 0.6 is 0 Å². The summed E-state index contributed by atoms with van der Waals surface area (Å²) in [7, 11) is 0. The average Bonchev–Trinajstić information content (AvgIpc) is 2.40. The predicted octanol–water partition coefficient (Wildman–Crippen LogP) is 2.26. The van der Waals surface area contributed by atoms with E-state index < -0.39 is 0 Å². The average molecular weight is 246 g/mol. The van der Waals surface area contributed by atoms with E-state index in [2.05, 4.69) is 17.6 Å². The molecule has 98 valence electrons. The molecule has 1 aliphatic rings. The van der Waals surface area contributed by atoms with Crippen LogP contribution < -0.4 is 10.6 Å². The van der Waals surface area contributed by atoms with E-state index in [-0.39, 0.29) is 11.9 Å². The van der Waals surface area contributed by atoms with Crippen molar-refractivity contribution in [3.63, 3.8) is 0 Å². The van der Waals surface area contributed by atoms with E-state index >= 15 is 0 Å². The van der Waals surface area contributed by atoms with Gasteiger partial charge in [0.05, 0.1) is 0 Å². The molecular weight excluding hydrogens is 224 g/mol. The summed E-state index contributed by atoms with van der Waals surface area (Å²) in [5, 5.41) is 6.58. The first-order chi connectivity index (χ1) is 8.68. The van der Waals surface area contributed by atoms with Gasteiger partial charge in [-0.2, -0.15) is 0 Å². The summed E-state index contributed by atoms with van der Waals surface area (Å²) in [5.74, 6) is 0.0352. The second-order valence-electron chi connectivity index (χ2n) is 5.13. The zero-order valence-electron chi connectivity index (χ0n) is 11.2. The summed E-state index contributed by atoms with van der Waals surface area (Å²) in [6.45, 7) is 5.12. The van der Waals surface area contributed by atoms with Crippen LogP contribution in [0.25, 0.3) is 0 Å². The summed E-state index contributed by atoms with van der Waals surface area (Å²) in [4.78, 5) is 12.2. The molecule has 2 N–H and O–H groups in total. The van der Waals surface area contributed by atoms with Crippen LogP contribution in [0.5, 0.6) is 0 Å². The van der Waals surface area contributed by atoms with Crippen LogP contribution in [0.2, 0.25) is 0 Å². The monoisotopic (exact) mass is 246 g/mol. The van der Waals surface area contributed by atoms with Crippen molar-refractivity contribution in [1.29, 1.82) is 0 Å². The van der Waals surface area contributed by atoms with E-state index in [1.165, 1.54) is 12.8 Å². The molecule has 0 aliphatic carbocycles. The number of carbonyl (C=O) groups excluding carboxylic acids is 1. The molecule has 18 heavy (non-hydrogen) atoms.